The number of rotatable bonds is 9. The Morgan fingerprint density at radius 1 is 1.32 bits per heavy atom. The topological polar surface area (TPSA) is 42.0 Å². The molecule has 1 aromatic rings. The number of carbonyl (C=O) groups is 1. The van der Waals surface area contributed by atoms with Crippen LogP contribution in [0.2, 0.25) is 0 Å². The molecule has 0 fully saturated rings. The van der Waals surface area contributed by atoms with Crippen LogP contribution >= 0.6 is 0 Å². The Hall–Kier alpha value is -1.38. The highest BCUT2D eigenvalue weighted by molar-refractivity contribution is 6.00. The second-order valence-corrected chi connectivity index (χ2v) is 5.41. The molecule has 1 aromatic heterocycles. The SMILES string of the molecule is CCCCCCNc1ncccc1C(=O)CC(C)C. The van der Waals surface area contributed by atoms with Crippen LogP contribution in [0.1, 0.15) is 63.2 Å². The largest absolute Gasteiger partial charge is 0.369 e. The molecule has 0 radical (unpaired) electrons. The maximum absolute atomic E-state index is 12.1. The van der Waals surface area contributed by atoms with Gasteiger partial charge in [0.25, 0.3) is 0 Å². The van der Waals surface area contributed by atoms with Gasteiger partial charge in [-0.2, -0.15) is 0 Å². The number of nitrogens with zero attached hydrogens (tertiary/aromatic N) is 1. The molecule has 0 unspecified atom stereocenters. The number of nitrogens with one attached hydrogen (secondary N) is 1. The molecule has 0 atom stereocenters. The van der Waals surface area contributed by atoms with E-state index in [9.17, 15) is 4.79 Å². The van der Waals surface area contributed by atoms with E-state index in [-0.39, 0.29) is 5.78 Å². The molecule has 0 spiro atoms. The van der Waals surface area contributed by atoms with Gasteiger partial charge >= 0.3 is 0 Å². The lowest BCUT2D eigenvalue weighted by Crippen LogP contribution is -2.11. The van der Waals surface area contributed by atoms with Crippen LogP contribution in [0, 0.1) is 5.92 Å². The summed E-state index contributed by atoms with van der Waals surface area (Å²) >= 11 is 0. The summed E-state index contributed by atoms with van der Waals surface area (Å²) in [5, 5.41) is 3.29. The zero-order valence-electron chi connectivity index (χ0n) is 12.4. The molecular weight excluding hydrogens is 236 g/mol. The summed E-state index contributed by atoms with van der Waals surface area (Å²) in [5.41, 5.74) is 0.728. The lowest BCUT2D eigenvalue weighted by Gasteiger charge is -2.11. The van der Waals surface area contributed by atoms with Crippen LogP contribution in [-0.4, -0.2) is 17.3 Å². The number of carbonyl (C=O) groups excluding carboxylic acids is 1. The summed E-state index contributed by atoms with van der Waals surface area (Å²) in [6.45, 7) is 7.21. The molecule has 1 N–H and O–H groups in total. The smallest absolute Gasteiger partial charge is 0.166 e. The van der Waals surface area contributed by atoms with Crippen molar-refractivity contribution in [1.82, 2.24) is 4.98 Å². The fourth-order valence-electron chi connectivity index (χ4n) is 2.01. The maximum Gasteiger partial charge on any atom is 0.166 e. The minimum absolute atomic E-state index is 0.180. The standard InChI is InChI=1S/C16H26N2O/c1-4-5-6-7-10-17-16-14(9-8-11-18-16)15(19)12-13(2)3/h8-9,11,13H,4-7,10,12H2,1-3H3,(H,17,18). The summed E-state index contributed by atoms with van der Waals surface area (Å²) < 4.78 is 0. The second-order valence-electron chi connectivity index (χ2n) is 5.41. The second kappa shape index (κ2) is 8.68. The molecule has 106 valence electrons. The van der Waals surface area contributed by atoms with Crippen molar-refractivity contribution < 1.29 is 4.79 Å². The molecule has 0 aromatic carbocycles. The van der Waals surface area contributed by atoms with Gasteiger partial charge in [0.1, 0.15) is 5.82 Å². The number of unbranched alkanes of at least 4 members (excludes halogenated alkanes) is 3. The highest BCUT2D eigenvalue weighted by Crippen LogP contribution is 2.16. The predicted molar refractivity (Wildman–Crippen MR) is 80.7 cm³/mol. The van der Waals surface area contributed by atoms with Crippen molar-refractivity contribution >= 4 is 11.6 Å². The average Bonchev–Trinajstić information content (AvgIpc) is 2.38. The van der Waals surface area contributed by atoms with Gasteiger partial charge in [-0.25, -0.2) is 4.98 Å². The summed E-state index contributed by atoms with van der Waals surface area (Å²) in [4.78, 5) is 16.4. The van der Waals surface area contributed by atoms with Gasteiger partial charge in [-0.3, -0.25) is 4.79 Å². The summed E-state index contributed by atoms with van der Waals surface area (Å²) in [7, 11) is 0. The Morgan fingerprint density at radius 3 is 2.79 bits per heavy atom. The Kier molecular flexibility index (Phi) is 7.16. The van der Waals surface area contributed by atoms with Gasteiger partial charge in [0.05, 0.1) is 5.56 Å². The van der Waals surface area contributed by atoms with Gasteiger partial charge in [-0.05, 0) is 24.5 Å². The van der Waals surface area contributed by atoms with Crippen molar-refractivity contribution in [3.05, 3.63) is 23.9 Å². The van der Waals surface area contributed by atoms with Crippen LogP contribution in [0.4, 0.5) is 5.82 Å². The molecule has 0 aliphatic rings. The zero-order chi connectivity index (χ0) is 14.1. The third-order valence-electron chi connectivity index (χ3n) is 3.02. The van der Waals surface area contributed by atoms with E-state index in [1.54, 1.807) is 6.20 Å². The minimum atomic E-state index is 0.180. The highest BCUT2D eigenvalue weighted by atomic mass is 16.1. The number of aromatic nitrogens is 1. The molecular formula is C16H26N2O. The Balaban J connectivity index is 2.55. The highest BCUT2D eigenvalue weighted by Gasteiger charge is 2.13. The monoisotopic (exact) mass is 262 g/mol. The summed E-state index contributed by atoms with van der Waals surface area (Å²) in [6.07, 6.45) is 7.18. The van der Waals surface area contributed by atoms with Crippen LogP contribution in [0.15, 0.2) is 18.3 Å². The van der Waals surface area contributed by atoms with Crippen molar-refractivity contribution in [3.8, 4) is 0 Å². The van der Waals surface area contributed by atoms with E-state index in [2.05, 4.69) is 31.1 Å². The molecule has 0 amide bonds. The minimum Gasteiger partial charge on any atom is -0.369 e. The maximum atomic E-state index is 12.1. The molecule has 0 bridgehead atoms. The van der Waals surface area contributed by atoms with E-state index in [0.29, 0.717) is 12.3 Å². The Bertz CT molecular complexity index is 388. The van der Waals surface area contributed by atoms with Crippen molar-refractivity contribution in [2.24, 2.45) is 5.92 Å². The van der Waals surface area contributed by atoms with Gasteiger partial charge < -0.3 is 5.32 Å². The van der Waals surface area contributed by atoms with Gasteiger partial charge in [0.15, 0.2) is 5.78 Å². The Labute approximate surface area is 116 Å². The molecule has 0 saturated heterocycles. The van der Waals surface area contributed by atoms with Crippen LogP contribution in [0.3, 0.4) is 0 Å². The van der Waals surface area contributed by atoms with Crippen molar-refractivity contribution in [3.63, 3.8) is 0 Å². The molecule has 0 aliphatic heterocycles. The molecule has 19 heavy (non-hydrogen) atoms. The predicted octanol–water partition coefficient (Wildman–Crippen LogP) is 4.30. The van der Waals surface area contributed by atoms with Gasteiger partial charge in [0.2, 0.25) is 0 Å². The summed E-state index contributed by atoms with van der Waals surface area (Å²) in [6, 6.07) is 3.70. The fourth-order valence-corrected chi connectivity index (χ4v) is 2.01. The van der Waals surface area contributed by atoms with Gasteiger partial charge in [0, 0.05) is 19.2 Å². The lowest BCUT2D eigenvalue weighted by molar-refractivity contribution is 0.0968. The summed E-state index contributed by atoms with van der Waals surface area (Å²) in [5.74, 6) is 1.30. The molecule has 1 rings (SSSR count). The van der Waals surface area contributed by atoms with Crippen LogP contribution in [0.25, 0.3) is 0 Å². The third-order valence-corrected chi connectivity index (χ3v) is 3.02. The van der Waals surface area contributed by atoms with Crippen molar-refractivity contribution in [2.45, 2.75) is 52.9 Å². The number of hydrogen-bond donors (Lipinski definition) is 1. The number of Topliss-reactive ketones (excluding diaryl/α,β-unsaturated/α-hetero) is 1. The molecule has 3 nitrogen and oxygen atoms in total. The quantitative estimate of drug-likeness (QED) is 0.533. The van der Waals surface area contributed by atoms with Crippen molar-refractivity contribution in [1.29, 1.82) is 0 Å². The van der Waals surface area contributed by atoms with E-state index in [4.69, 9.17) is 0 Å². The Morgan fingerprint density at radius 2 is 2.11 bits per heavy atom. The van der Waals surface area contributed by atoms with E-state index in [0.717, 1.165) is 24.3 Å². The molecule has 3 heteroatoms. The normalized spacial score (nSPS) is 10.7. The van der Waals surface area contributed by atoms with Gasteiger partial charge in [-0.1, -0.05) is 40.0 Å². The van der Waals surface area contributed by atoms with Crippen LogP contribution in [0.5, 0.6) is 0 Å². The fraction of sp³-hybridized carbons (Fsp3) is 0.625. The van der Waals surface area contributed by atoms with Crippen LogP contribution < -0.4 is 5.32 Å². The van der Waals surface area contributed by atoms with E-state index < -0.39 is 0 Å². The van der Waals surface area contributed by atoms with E-state index >= 15 is 0 Å². The van der Waals surface area contributed by atoms with E-state index in [1.165, 1.54) is 19.3 Å². The number of hydrogen-bond acceptors (Lipinski definition) is 3. The first-order valence-electron chi connectivity index (χ1n) is 7.37. The van der Waals surface area contributed by atoms with Gasteiger partial charge in [-0.15, -0.1) is 0 Å². The first kappa shape index (κ1) is 15.7. The third kappa shape index (κ3) is 5.86. The number of ketones is 1. The molecule has 1 heterocycles. The first-order valence-corrected chi connectivity index (χ1v) is 7.37. The number of pyridine rings is 1. The molecule has 0 saturated carbocycles. The van der Waals surface area contributed by atoms with Crippen molar-refractivity contribution in [2.75, 3.05) is 11.9 Å². The first-order chi connectivity index (χ1) is 9.15. The number of anilines is 1. The average molecular weight is 262 g/mol. The van der Waals surface area contributed by atoms with Crippen LogP contribution in [-0.2, 0) is 0 Å². The molecule has 0 aliphatic carbocycles. The van der Waals surface area contributed by atoms with E-state index in [1.807, 2.05) is 12.1 Å². The lowest BCUT2D eigenvalue weighted by atomic mass is 10.0. The zero-order valence-corrected chi connectivity index (χ0v) is 12.4.